The van der Waals surface area contributed by atoms with Crippen molar-refractivity contribution in [3.63, 3.8) is 0 Å². The van der Waals surface area contributed by atoms with Crippen molar-refractivity contribution in [3.8, 4) is 0 Å². The molecule has 0 atom stereocenters. The minimum atomic E-state index is 0.303. The van der Waals surface area contributed by atoms with E-state index in [-0.39, 0.29) is 0 Å². The van der Waals surface area contributed by atoms with E-state index < -0.39 is 0 Å². The maximum Gasteiger partial charge on any atom is 0.136 e. The van der Waals surface area contributed by atoms with E-state index in [0.717, 1.165) is 5.56 Å². The monoisotopic (exact) mass is 194 g/mol. The van der Waals surface area contributed by atoms with Crippen LogP contribution in [0.1, 0.15) is 18.9 Å². The number of Topliss-reactive ketones (excluding diaryl/α,β-unsaturated/α-hetero) is 1. The van der Waals surface area contributed by atoms with E-state index in [1.165, 1.54) is 4.90 Å². The van der Waals surface area contributed by atoms with Gasteiger partial charge in [-0.15, -0.1) is 11.8 Å². The summed E-state index contributed by atoms with van der Waals surface area (Å²) < 4.78 is 0. The van der Waals surface area contributed by atoms with E-state index >= 15 is 0 Å². The van der Waals surface area contributed by atoms with Gasteiger partial charge in [0.2, 0.25) is 0 Å². The van der Waals surface area contributed by atoms with Gasteiger partial charge in [0.05, 0.1) is 0 Å². The van der Waals surface area contributed by atoms with Gasteiger partial charge in [0.1, 0.15) is 5.78 Å². The molecular formula is C11H14OS. The van der Waals surface area contributed by atoms with Crippen molar-refractivity contribution in [3.05, 3.63) is 29.8 Å². The quantitative estimate of drug-likeness (QED) is 0.685. The van der Waals surface area contributed by atoms with Gasteiger partial charge in [-0.05, 0) is 24.0 Å². The van der Waals surface area contributed by atoms with Gasteiger partial charge in [0, 0.05) is 17.7 Å². The van der Waals surface area contributed by atoms with Gasteiger partial charge in [-0.2, -0.15) is 0 Å². The van der Waals surface area contributed by atoms with Crippen molar-refractivity contribution in [1.82, 2.24) is 0 Å². The zero-order chi connectivity index (χ0) is 9.68. The van der Waals surface area contributed by atoms with E-state index in [1.807, 2.05) is 25.3 Å². The first-order chi connectivity index (χ1) is 6.26. The largest absolute Gasteiger partial charge is 0.299 e. The maximum absolute atomic E-state index is 11.1. The van der Waals surface area contributed by atoms with Crippen molar-refractivity contribution < 1.29 is 4.79 Å². The fourth-order valence-corrected chi connectivity index (χ4v) is 1.50. The fourth-order valence-electron chi connectivity index (χ4n) is 1.10. The minimum absolute atomic E-state index is 0.303. The fraction of sp³-hybridized carbons (Fsp3) is 0.364. The number of hydrogen-bond donors (Lipinski definition) is 0. The topological polar surface area (TPSA) is 17.1 Å². The van der Waals surface area contributed by atoms with Gasteiger partial charge >= 0.3 is 0 Å². The zero-order valence-corrected chi connectivity index (χ0v) is 8.86. The first-order valence-corrected chi connectivity index (χ1v) is 5.63. The molecule has 0 aliphatic rings. The predicted molar refractivity (Wildman–Crippen MR) is 57.2 cm³/mol. The minimum Gasteiger partial charge on any atom is -0.299 e. The smallest absolute Gasteiger partial charge is 0.136 e. The van der Waals surface area contributed by atoms with Crippen LogP contribution in [0.3, 0.4) is 0 Å². The lowest BCUT2D eigenvalue weighted by atomic mass is 10.1. The van der Waals surface area contributed by atoms with Crippen molar-refractivity contribution in [2.45, 2.75) is 24.7 Å². The molecule has 0 fully saturated rings. The lowest BCUT2D eigenvalue weighted by Gasteiger charge is -2.00. The van der Waals surface area contributed by atoms with Crippen LogP contribution in [0.25, 0.3) is 0 Å². The number of carbonyl (C=O) groups excluding carboxylic acids is 1. The van der Waals surface area contributed by atoms with Gasteiger partial charge in [-0.1, -0.05) is 19.1 Å². The van der Waals surface area contributed by atoms with Gasteiger partial charge in [0.15, 0.2) is 0 Å². The molecule has 2 heteroatoms. The summed E-state index contributed by atoms with van der Waals surface area (Å²) in [6, 6.07) is 8.17. The predicted octanol–water partition coefficient (Wildman–Crippen LogP) is 2.93. The molecule has 1 nitrogen and oxygen atoms in total. The molecule has 0 heterocycles. The first-order valence-electron chi connectivity index (χ1n) is 4.41. The lowest BCUT2D eigenvalue weighted by molar-refractivity contribution is -0.118. The summed E-state index contributed by atoms with van der Waals surface area (Å²) in [5.74, 6) is 0.303. The number of benzene rings is 1. The van der Waals surface area contributed by atoms with Crippen LogP contribution >= 0.6 is 11.8 Å². The standard InChI is InChI=1S/C11H14OS/c1-3-10(12)8-9-4-6-11(13-2)7-5-9/h4-7H,3,8H2,1-2H3. The molecule has 13 heavy (non-hydrogen) atoms. The van der Waals surface area contributed by atoms with Gasteiger partial charge in [-0.3, -0.25) is 4.79 Å². The molecular weight excluding hydrogens is 180 g/mol. The molecule has 0 unspecified atom stereocenters. The first kappa shape index (κ1) is 10.3. The molecule has 0 saturated carbocycles. The second kappa shape index (κ2) is 5.07. The number of rotatable bonds is 4. The molecule has 1 rings (SSSR count). The zero-order valence-electron chi connectivity index (χ0n) is 8.04. The average Bonchev–Trinajstić information content (AvgIpc) is 2.19. The molecule has 1 aromatic rings. The Labute approximate surface area is 83.5 Å². The summed E-state index contributed by atoms with van der Waals surface area (Å²) in [4.78, 5) is 12.4. The van der Waals surface area contributed by atoms with Crippen molar-refractivity contribution in [1.29, 1.82) is 0 Å². The van der Waals surface area contributed by atoms with Crippen LogP contribution in [-0.2, 0) is 11.2 Å². The Hall–Kier alpha value is -0.760. The number of ketones is 1. The van der Waals surface area contributed by atoms with Crippen LogP contribution in [0, 0.1) is 0 Å². The molecule has 0 bridgehead atoms. The van der Waals surface area contributed by atoms with Gasteiger partial charge in [-0.25, -0.2) is 0 Å². The Kier molecular flexibility index (Phi) is 4.03. The molecule has 0 amide bonds. The molecule has 70 valence electrons. The Morgan fingerprint density at radius 1 is 1.31 bits per heavy atom. The summed E-state index contributed by atoms with van der Waals surface area (Å²) in [6.45, 7) is 1.90. The van der Waals surface area contributed by atoms with E-state index in [4.69, 9.17) is 0 Å². The van der Waals surface area contributed by atoms with E-state index in [1.54, 1.807) is 11.8 Å². The van der Waals surface area contributed by atoms with Crippen LogP contribution < -0.4 is 0 Å². The molecule has 0 radical (unpaired) electrons. The van der Waals surface area contributed by atoms with Crippen LogP contribution in [0.5, 0.6) is 0 Å². The summed E-state index contributed by atoms with van der Waals surface area (Å²) in [6.07, 6.45) is 3.25. The van der Waals surface area contributed by atoms with Gasteiger partial charge < -0.3 is 0 Å². The molecule has 0 saturated heterocycles. The Balaban J connectivity index is 2.64. The highest BCUT2D eigenvalue weighted by Gasteiger charge is 2.00. The maximum atomic E-state index is 11.1. The Bertz CT molecular complexity index is 277. The Morgan fingerprint density at radius 3 is 2.38 bits per heavy atom. The van der Waals surface area contributed by atoms with E-state index in [9.17, 15) is 4.79 Å². The average molecular weight is 194 g/mol. The third kappa shape index (κ3) is 3.23. The molecule has 0 aliphatic heterocycles. The number of carbonyl (C=O) groups is 1. The molecule has 0 aliphatic carbocycles. The SMILES string of the molecule is CCC(=O)Cc1ccc(SC)cc1. The second-order valence-electron chi connectivity index (χ2n) is 2.92. The molecule has 1 aromatic carbocycles. The third-order valence-corrected chi connectivity index (χ3v) is 2.70. The van der Waals surface area contributed by atoms with Crippen molar-refractivity contribution in [2.24, 2.45) is 0 Å². The van der Waals surface area contributed by atoms with Crippen molar-refractivity contribution >= 4 is 17.5 Å². The van der Waals surface area contributed by atoms with E-state index in [2.05, 4.69) is 12.1 Å². The lowest BCUT2D eigenvalue weighted by Crippen LogP contribution is -1.99. The van der Waals surface area contributed by atoms with Crippen LogP contribution in [-0.4, -0.2) is 12.0 Å². The van der Waals surface area contributed by atoms with Crippen LogP contribution in [0.2, 0.25) is 0 Å². The Morgan fingerprint density at radius 2 is 1.92 bits per heavy atom. The third-order valence-electron chi connectivity index (χ3n) is 1.95. The summed E-state index contributed by atoms with van der Waals surface area (Å²) in [5, 5.41) is 0. The summed E-state index contributed by atoms with van der Waals surface area (Å²) in [5.41, 5.74) is 1.12. The molecule has 0 spiro atoms. The number of thioether (sulfide) groups is 1. The highest BCUT2D eigenvalue weighted by molar-refractivity contribution is 7.98. The van der Waals surface area contributed by atoms with Gasteiger partial charge in [0.25, 0.3) is 0 Å². The second-order valence-corrected chi connectivity index (χ2v) is 3.80. The van der Waals surface area contributed by atoms with Crippen molar-refractivity contribution in [2.75, 3.05) is 6.26 Å². The van der Waals surface area contributed by atoms with E-state index in [0.29, 0.717) is 18.6 Å². The highest BCUT2D eigenvalue weighted by Crippen LogP contribution is 2.15. The van der Waals surface area contributed by atoms with Crippen LogP contribution in [0.15, 0.2) is 29.2 Å². The summed E-state index contributed by atoms with van der Waals surface area (Å²) >= 11 is 1.72. The highest BCUT2D eigenvalue weighted by atomic mass is 32.2. The normalized spacial score (nSPS) is 10.0. The number of hydrogen-bond acceptors (Lipinski definition) is 2. The molecule has 0 aromatic heterocycles. The van der Waals surface area contributed by atoms with Crippen LogP contribution in [0.4, 0.5) is 0 Å². The summed E-state index contributed by atoms with van der Waals surface area (Å²) in [7, 11) is 0. The molecule has 0 N–H and O–H groups in total.